The van der Waals surface area contributed by atoms with Gasteiger partial charge in [-0.05, 0) is 18.9 Å². The molecule has 2 N–H and O–H groups in total. The molecule has 7 nitrogen and oxygen atoms in total. The van der Waals surface area contributed by atoms with Gasteiger partial charge in [0.25, 0.3) is 11.5 Å². The van der Waals surface area contributed by atoms with Gasteiger partial charge in [0.15, 0.2) is 0 Å². The van der Waals surface area contributed by atoms with E-state index in [1.54, 1.807) is 0 Å². The number of nitrogens with zero attached hydrogens (tertiary/aromatic N) is 2. The minimum Gasteiger partial charge on any atom is -0.481 e. The lowest BCUT2D eigenvalue weighted by Crippen LogP contribution is -2.43. The SMILES string of the molecule is Cn1nc(C(=O)NC2CCCCCC2C(=O)O)ccc1=O. The monoisotopic (exact) mass is 293 g/mol. The van der Waals surface area contributed by atoms with Crippen LogP contribution < -0.4 is 10.9 Å². The van der Waals surface area contributed by atoms with Crippen molar-refractivity contribution in [1.29, 1.82) is 0 Å². The average Bonchev–Trinajstić information content (AvgIpc) is 2.67. The molecule has 1 heterocycles. The molecule has 1 fully saturated rings. The molecular formula is C14H19N3O4. The molecule has 0 saturated heterocycles. The second kappa shape index (κ2) is 6.51. The predicted molar refractivity (Wildman–Crippen MR) is 74.9 cm³/mol. The van der Waals surface area contributed by atoms with E-state index in [-0.39, 0.29) is 11.3 Å². The first-order valence-corrected chi connectivity index (χ1v) is 7.07. The summed E-state index contributed by atoms with van der Waals surface area (Å²) in [5.74, 6) is -1.89. The average molecular weight is 293 g/mol. The van der Waals surface area contributed by atoms with Crippen LogP contribution in [-0.4, -0.2) is 32.8 Å². The molecule has 1 aromatic rings. The maximum absolute atomic E-state index is 12.2. The van der Waals surface area contributed by atoms with Crippen LogP contribution in [-0.2, 0) is 11.8 Å². The number of hydrogen-bond acceptors (Lipinski definition) is 4. The first-order valence-electron chi connectivity index (χ1n) is 7.07. The van der Waals surface area contributed by atoms with Gasteiger partial charge in [0.2, 0.25) is 0 Å². The van der Waals surface area contributed by atoms with Crippen molar-refractivity contribution in [3.8, 4) is 0 Å². The van der Waals surface area contributed by atoms with Crippen LogP contribution in [0.3, 0.4) is 0 Å². The zero-order chi connectivity index (χ0) is 15.4. The summed E-state index contributed by atoms with van der Waals surface area (Å²) in [6, 6.07) is 2.23. The van der Waals surface area contributed by atoms with Crippen molar-refractivity contribution in [2.75, 3.05) is 0 Å². The van der Waals surface area contributed by atoms with Gasteiger partial charge < -0.3 is 10.4 Å². The van der Waals surface area contributed by atoms with Crippen molar-refractivity contribution in [2.24, 2.45) is 13.0 Å². The molecule has 0 radical (unpaired) electrons. The Labute approximate surface area is 122 Å². The number of nitrogens with one attached hydrogen (secondary N) is 1. The van der Waals surface area contributed by atoms with E-state index in [1.165, 1.54) is 19.2 Å². The predicted octanol–water partition coefficient (Wildman–Crippen LogP) is 0.544. The Balaban J connectivity index is 2.13. The Bertz CT molecular complexity index is 596. The molecule has 2 rings (SSSR count). The molecule has 7 heteroatoms. The standard InChI is InChI=1S/C14H19N3O4/c1-17-12(18)8-7-11(16-17)13(19)15-10-6-4-2-3-5-9(10)14(20)21/h7-10H,2-6H2,1H3,(H,15,19)(H,20,21). The summed E-state index contributed by atoms with van der Waals surface area (Å²) < 4.78 is 1.08. The number of aryl methyl sites for hydroxylation is 1. The van der Waals surface area contributed by atoms with Gasteiger partial charge in [0.05, 0.1) is 5.92 Å². The van der Waals surface area contributed by atoms with Crippen LogP contribution in [0.2, 0.25) is 0 Å². The first-order chi connectivity index (χ1) is 9.99. The summed E-state index contributed by atoms with van der Waals surface area (Å²) in [6.07, 6.45) is 3.96. The molecule has 0 spiro atoms. The zero-order valence-corrected chi connectivity index (χ0v) is 11.9. The quantitative estimate of drug-likeness (QED) is 0.792. The molecule has 1 aromatic heterocycles. The van der Waals surface area contributed by atoms with Crippen LogP contribution >= 0.6 is 0 Å². The fraction of sp³-hybridized carbons (Fsp3) is 0.571. The molecule has 0 aromatic carbocycles. The molecule has 1 saturated carbocycles. The Hall–Kier alpha value is -2.18. The highest BCUT2D eigenvalue weighted by molar-refractivity contribution is 5.92. The minimum atomic E-state index is -0.879. The van der Waals surface area contributed by atoms with Gasteiger partial charge in [-0.3, -0.25) is 14.4 Å². The number of amides is 1. The van der Waals surface area contributed by atoms with E-state index < -0.39 is 23.8 Å². The fourth-order valence-corrected chi connectivity index (χ4v) is 2.64. The summed E-state index contributed by atoms with van der Waals surface area (Å²) in [6.45, 7) is 0. The highest BCUT2D eigenvalue weighted by Gasteiger charge is 2.31. The zero-order valence-electron chi connectivity index (χ0n) is 11.9. The maximum atomic E-state index is 12.2. The maximum Gasteiger partial charge on any atom is 0.308 e. The van der Waals surface area contributed by atoms with Gasteiger partial charge in [0.1, 0.15) is 5.69 Å². The van der Waals surface area contributed by atoms with Crippen molar-refractivity contribution in [3.05, 3.63) is 28.2 Å². The number of carboxylic acid groups (broad SMARTS) is 1. The third kappa shape index (κ3) is 3.68. The van der Waals surface area contributed by atoms with Crippen LogP contribution in [0, 0.1) is 5.92 Å². The van der Waals surface area contributed by atoms with Gasteiger partial charge in [-0.15, -0.1) is 0 Å². The number of carbonyl (C=O) groups excluding carboxylic acids is 1. The third-order valence-corrected chi connectivity index (χ3v) is 3.84. The van der Waals surface area contributed by atoms with E-state index in [0.717, 1.165) is 23.9 Å². The van der Waals surface area contributed by atoms with E-state index in [2.05, 4.69) is 10.4 Å². The molecule has 2 atom stereocenters. The van der Waals surface area contributed by atoms with E-state index >= 15 is 0 Å². The molecule has 0 aliphatic heterocycles. The Morgan fingerprint density at radius 2 is 2.00 bits per heavy atom. The Morgan fingerprint density at radius 1 is 1.29 bits per heavy atom. The molecule has 114 valence electrons. The van der Waals surface area contributed by atoms with Crippen molar-refractivity contribution in [1.82, 2.24) is 15.1 Å². The topological polar surface area (TPSA) is 101 Å². The van der Waals surface area contributed by atoms with E-state index in [0.29, 0.717) is 12.8 Å². The number of aromatic nitrogens is 2. The third-order valence-electron chi connectivity index (χ3n) is 3.84. The normalized spacial score (nSPS) is 22.3. The summed E-state index contributed by atoms with van der Waals surface area (Å²) in [7, 11) is 1.46. The first kappa shape index (κ1) is 15.2. The van der Waals surface area contributed by atoms with Gasteiger partial charge in [0, 0.05) is 19.2 Å². The Morgan fingerprint density at radius 3 is 2.67 bits per heavy atom. The van der Waals surface area contributed by atoms with E-state index in [9.17, 15) is 19.5 Å². The molecule has 21 heavy (non-hydrogen) atoms. The van der Waals surface area contributed by atoms with Crippen molar-refractivity contribution < 1.29 is 14.7 Å². The number of aliphatic carboxylic acids is 1. The highest BCUT2D eigenvalue weighted by Crippen LogP contribution is 2.24. The van der Waals surface area contributed by atoms with Crippen LogP contribution in [0.25, 0.3) is 0 Å². The van der Waals surface area contributed by atoms with Crippen LogP contribution in [0.5, 0.6) is 0 Å². The lowest BCUT2D eigenvalue weighted by molar-refractivity contribution is -0.142. The van der Waals surface area contributed by atoms with Gasteiger partial charge in [-0.1, -0.05) is 19.3 Å². The lowest BCUT2D eigenvalue weighted by atomic mass is 9.95. The molecule has 0 bridgehead atoms. The molecular weight excluding hydrogens is 274 g/mol. The van der Waals surface area contributed by atoms with Crippen LogP contribution in [0.15, 0.2) is 16.9 Å². The fourth-order valence-electron chi connectivity index (χ4n) is 2.64. The summed E-state index contributed by atoms with van der Waals surface area (Å²) in [4.78, 5) is 34.8. The minimum absolute atomic E-state index is 0.116. The van der Waals surface area contributed by atoms with Crippen LogP contribution in [0.4, 0.5) is 0 Å². The largest absolute Gasteiger partial charge is 0.481 e. The summed E-state index contributed by atoms with van der Waals surface area (Å²) >= 11 is 0. The second-order valence-corrected chi connectivity index (χ2v) is 5.34. The van der Waals surface area contributed by atoms with E-state index in [4.69, 9.17) is 0 Å². The highest BCUT2D eigenvalue weighted by atomic mass is 16.4. The van der Waals surface area contributed by atoms with Gasteiger partial charge in [-0.25, -0.2) is 4.68 Å². The molecule has 1 aliphatic rings. The van der Waals surface area contributed by atoms with Gasteiger partial charge >= 0.3 is 5.97 Å². The summed E-state index contributed by atoms with van der Waals surface area (Å²) in [5.41, 5.74) is -0.185. The van der Waals surface area contributed by atoms with Crippen molar-refractivity contribution >= 4 is 11.9 Å². The van der Waals surface area contributed by atoms with Crippen molar-refractivity contribution in [3.63, 3.8) is 0 Å². The van der Waals surface area contributed by atoms with Gasteiger partial charge in [-0.2, -0.15) is 5.10 Å². The van der Waals surface area contributed by atoms with Crippen LogP contribution in [0.1, 0.15) is 42.6 Å². The number of carbonyl (C=O) groups is 2. The lowest BCUT2D eigenvalue weighted by Gasteiger charge is -2.22. The van der Waals surface area contributed by atoms with E-state index in [1.807, 2.05) is 0 Å². The van der Waals surface area contributed by atoms with Crippen molar-refractivity contribution in [2.45, 2.75) is 38.1 Å². The summed E-state index contributed by atoms with van der Waals surface area (Å²) in [5, 5.41) is 15.9. The number of hydrogen-bond donors (Lipinski definition) is 2. The number of carboxylic acids is 1. The Kier molecular flexibility index (Phi) is 4.72. The molecule has 1 amide bonds. The molecule has 2 unspecified atom stereocenters. The smallest absolute Gasteiger partial charge is 0.308 e. The number of rotatable bonds is 3. The molecule has 1 aliphatic carbocycles. The second-order valence-electron chi connectivity index (χ2n) is 5.34.